The van der Waals surface area contributed by atoms with Crippen molar-refractivity contribution < 1.29 is 0 Å². The Balaban J connectivity index is 2.94. The molecule has 0 N–H and O–H groups in total. The van der Waals surface area contributed by atoms with Crippen LogP contribution in [-0.4, -0.2) is 0 Å². The molecule has 0 heteroatoms. The van der Waals surface area contributed by atoms with E-state index in [1.54, 1.807) is 0 Å². The normalized spacial score (nSPS) is 10.9. The van der Waals surface area contributed by atoms with Crippen molar-refractivity contribution in [3.8, 4) is 0 Å². The van der Waals surface area contributed by atoms with Gasteiger partial charge in [0, 0.05) is 0 Å². The van der Waals surface area contributed by atoms with Crippen molar-refractivity contribution in [2.75, 3.05) is 0 Å². The highest BCUT2D eigenvalue weighted by Gasteiger charge is 1.93. The van der Waals surface area contributed by atoms with Crippen molar-refractivity contribution in [3.05, 3.63) is 47.0 Å². The van der Waals surface area contributed by atoms with Crippen molar-refractivity contribution in [1.29, 1.82) is 0 Å². The molecule has 0 atom stereocenters. The summed E-state index contributed by atoms with van der Waals surface area (Å²) in [6, 6.07) is 6.43. The van der Waals surface area contributed by atoms with Crippen molar-refractivity contribution in [3.63, 3.8) is 0 Å². The van der Waals surface area contributed by atoms with Crippen LogP contribution in [0.25, 0.3) is 0 Å². The quantitative estimate of drug-likeness (QED) is 0.620. The van der Waals surface area contributed by atoms with Gasteiger partial charge >= 0.3 is 0 Å². The molecule has 0 amide bonds. The zero-order valence-corrected chi connectivity index (χ0v) is 8.02. The lowest BCUT2D eigenvalue weighted by Gasteiger charge is -2.00. The zero-order chi connectivity index (χ0) is 8.97. The smallest absolute Gasteiger partial charge is 0.0146 e. The summed E-state index contributed by atoms with van der Waals surface area (Å²) in [5, 5.41) is 0. The summed E-state index contributed by atoms with van der Waals surface area (Å²) in [5.74, 6) is 0. The maximum absolute atomic E-state index is 3.26. The third-order valence-electron chi connectivity index (χ3n) is 1.84. The number of hydrogen-bond acceptors (Lipinski definition) is 0. The predicted molar refractivity (Wildman–Crippen MR) is 53.1 cm³/mol. The highest BCUT2D eigenvalue weighted by molar-refractivity contribution is 5.34. The van der Waals surface area contributed by atoms with E-state index in [1.165, 1.54) is 16.7 Å². The average Bonchev–Trinajstić information content (AvgIpc) is 2.03. The molecule has 1 rings (SSSR count). The number of allylic oxidation sites excluding steroid dienone is 1. The fourth-order valence-electron chi connectivity index (χ4n) is 1.19. The van der Waals surface area contributed by atoms with Crippen molar-refractivity contribution in [2.45, 2.75) is 27.2 Å². The number of benzene rings is 1. The van der Waals surface area contributed by atoms with Crippen LogP contribution in [0.5, 0.6) is 0 Å². The van der Waals surface area contributed by atoms with Crippen LogP contribution in [-0.2, 0) is 0 Å². The summed E-state index contributed by atoms with van der Waals surface area (Å²) in [6.45, 7) is 6.36. The molecule has 0 heterocycles. The molecule has 63 valence electrons. The van der Waals surface area contributed by atoms with Crippen LogP contribution in [0.2, 0.25) is 0 Å². The Morgan fingerprint density at radius 1 is 1.33 bits per heavy atom. The predicted octanol–water partition coefficient (Wildman–Crippen LogP) is 3.42. The molecule has 1 aromatic rings. The molecule has 0 unspecified atom stereocenters. The van der Waals surface area contributed by atoms with Crippen LogP contribution < -0.4 is 0 Å². The lowest BCUT2D eigenvalue weighted by atomic mass is 10.1. The molecule has 0 saturated heterocycles. The van der Waals surface area contributed by atoms with E-state index in [2.05, 4.69) is 51.1 Å². The molecule has 1 radical (unpaired) electrons. The second-order valence-corrected chi connectivity index (χ2v) is 3.08. The average molecular weight is 159 g/mol. The maximum Gasteiger partial charge on any atom is -0.0146 e. The molecule has 0 aliphatic rings. The second-order valence-electron chi connectivity index (χ2n) is 3.08. The molecule has 0 nitrogen and oxygen atoms in total. The molecule has 12 heavy (non-hydrogen) atoms. The molecule has 0 aliphatic carbocycles. The van der Waals surface area contributed by atoms with Crippen molar-refractivity contribution >= 4 is 0 Å². The minimum absolute atomic E-state index is 1.05. The molecular weight excluding hydrogens is 144 g/mol. The number of hydrogen-bond donors (Lipinski definition) is 0. The van der Waals surface area contributed by atoms with E-state index in [1.807, 2.05) is 0 Å². The van der Waals surface area contributed by atoms with Gasteiger partial charge in [-0.05, 0) is 37.5 Å². The van der Waals surface area contributed by atoms with Crippen molar-refractivity contribution in [2.24, 2.45) is 0 Å². The van der Waals surface area contributed by atoms with E-state index in [-0.39, 0.29) is 0 Å². The fraction of sp³-hybridized carbons (Fsp3) is 0.333. The summed E-state index contributed by atoms with van der Waals surface area (Å²) in [6.07, 6.45) is 6.38. The molecule has 0 aromatic heterocycles. The van der Waals surface area contributed by atoms with Gasteiger partial charge in [0.1, 0.15) is 0 Å². The molecule has 1 aromatic carbocycles. The molecule has 0 spiro atoms. The third kappa shape index (κ3) is 2.23. The zero-order valence-electron chi connectivity index (χ0n) is 8.02. The van der Waals surface area contributed by atoms with Crippen LogP contribution in [0.3, 0.4) is 0 Å². The van der Waals surface area contributed by atoms with Crippen LogP contribution in [0.1, 0.15) is 30.0 Å². The van der Waals surface area contributed by atoms with E-state index >= 15 is 0 Å². The molecule has 0 bridgehead atoms. The third-order valence-corrected chi connectivity index (χ3v) is 1.84. The van der Waals surface area contributed by atoms with Gasteiger partial charge in [-0.1, -0.05) is 36.8 Å². The Kier molecular flexibility index (Phi) is 3.09. The molecular formula is C12H15. The summed E-state index contributed by atoms with van der Waals surface area (Å²) in [4.78, 5) is 0. The molecule has 0 aliphatic heterocycles. The van der Waals surface area contributed by atoms with Crippen LogP contribution in [0, 0.1) is 19.9 Å². The van der Waals surface area contributed by atoms with Gasteiger partial charge in [-0.2, -0.15) is 0 Å². The SMILES string of the molecule is CC/C=[C]\c1ccc(C)cc1C. The Morgan fingerprint density at radius 3 is 2.67 bits per heavy atom. The highest BCUT2D eigenvalue weighted by Crippen LogP contribution is 2.10. The topological polar surface area (TPSA) is 0 Å². The first-order valence-electron chi connectivity index (χ1n) is 4.39. The van der Waals surface area contributed by atoms with Gasteiger partial charge in [0.2, 0.25) is 0 Å². The fourth-order valence-corrected chi connectivity index (χ4v) is 1.19. The highest BCUT2D eigenvalue weighted by atomic mass is 14.0. The minimum atomic E-state index is 1.05. The first-order valence-corrected chi connectivity index (χ1v) is 4.39. The van der Waals surface area contributed by atoms with E-state index < -0.39 is 0 Å². The Labute approximate surface area is 74.9 Å². The molecule has 0 saturated carbocycles. The van der Waals surface area contributed by atoms with E-state index in [0.29, 0.717) is 0 Å². The summed E-state index contributed by atoms with van der Waals surface area (Å²) in [5.41, 5.74) is 3.83. The van der Waals surface area contributed by atoms with Gasteiger partial charge in [-0.15, -0.1) is 0 Å². The standard InChI is InChI=1S/C12H15/c1-4-5-6-12-8-7-10(2)9-11(12)3/h5,7-9H,4H2,1-3H3. The lowest BCUT2D eigenvalue weighted by Crippen LogP contribution is -1.82. The van der Waals surface area contributed by atoms with Crippen molar-refractivity contribution in [1.82, 2.24) is 0 Å². The summed E-state index contributed by atoms with van der Waals surface area (Å²) >= 11 is 0. The number of rotatable bonds is 2. The van der Waals surface area contributed by atoms with Gasteiger partial charge < -0.3 is 0 Å². The van der Waals surface area contributed by atoms with Crippen LogP contribution in [0.15, 0.2) is 24.3 Å². The Morgan fingerprint density at radius 2 is 2.08 bits per heavy atom. The monoisotopic (exact) mass is 159 g/mol. The Hall–Kier alpha value is -1.04. The summed E-state index contributed by atoms with van der Waals surface area (Å²) < 4.78 is 0. The first kappa shape index (κ1) is 9.05. The minimum Gasteiger partial charge on any atom is -0.0763 e. The van der Waals surface area contributed by atoms with Crippen LogP contribution in [0.4, 0.5) is 0 Å². The lowest BCUT2D eigenvalue weighted by molar-refractivity contribution is 1.21. The first-order chi connectivity index (χ1) is 5.74. The van der Waals surface area contributed by atoms with Gasteiger partial charge in [0.15, 0.2) is 0 Å². The number of aryl methyl sites for hydroxylation is 2. The summed E-state index contributed by atoms with van der Waals surface area (Å²) in [7, 11) is 0. The van der Waals surface area contributed by atoms with Gasteiger partial charge in [0.25, 0.3) is 0 Å². The van der Waals surface area contributed by atoms with Crippen LogP contribution >= 0.6 is 0 Å². The largest absolute Gasteiger partial charge is 0.0763 e. The van der Waals surface area contributed by atoms with E-state index in [4.69, 9.17) is 0 Å². The van der Waals surface area contributed by atoms with Gasteiger partial charge in [0.05, 0.1) is 0 Å². The van der Waals surface area contributed by atoms with Gasteiger partial charge in [-0.3, -0.25) is 0 Å². The van der Waals surface area contributed by atoms with Gasteiger partial charge in [-0.25, -0.2) is 0 Å². The second kappa shape index (κ2) is 4.10. The van der Waals surface area contributed by atoms with E-state index in [0.717, 1.165) is 6.42 Å². The Bertz CT molecular complexity index is 282. The molecule has 0 fully saturated rings. The maximum atomic E-state index is 3.26. The van der Waals surface area contributed by atoms with E-state index in [9.17, 15) is 0 Å².